The van der Waals surface area contributed by atoms with E-state index in [-0.39, 0.29) is 18.3 Å². The molecule has 112 valence electrons. The summed E-state index contributed by atoms with van der Waals surface area (Å²) in [7, 11) is 0. The van der Waals surface area contributed by atoms with Gasteiger partial charge in [0.2, 0.25) is 0 Å². The van der Waals surface area contributed by atoms with Crippen LogP contribution in [0, 0.1) is 6.92 Å². The van der Waals surface area contributed by atoms with Gasteiger partial charge in [0, 0.05) is 29.7 Å². The van der Waals surface area contributed by atoms with Crippen molar-refractivity contribution in [2.45, 2.75) is 32.7 Å². The van der Waals surface area contributed by atoms with Crippen LogP contribution in [0.3, 0.4) is 0 Å². The van der Waals surface area contributed by atoms with Gasteiger partial charge >= 0.3 is 0 Å². The number of hydrogen-bond donors (Lipinski definition) is 1. The van der Waals surface area contributed by atoms with Gasteiger partial charge in [-0.15, -0.1) is 12.4 Å². The summed E-state index contributed by atoms with van der Waals surface area (Å²) in [4.78, 5) is 14.6. The molecule has 0 saturated carbocycles. The summed E-state index contributed by atoms with van der Waals surface area (Å²) in [5, 5.41) is 4.03. The second-order valence-electron chi connectivity index (χ2n) is 5.11. The highest BCUT2D eigenvalue weighted by atomic mass is 35.5. The molecule has 1 saturated heterocycles. The minimum atomic E-state index is 0. The molecule has 1 aliphatic rings. The molecule has 0 spiro atoms. The molecule has 1 atom stereocenters. The lowest BCUT2D eigenvalue weighted by molar-refractivity contribution is 0.0692. The zero-order valence-corrected chi connectivity index (χ0v) is 13.6. The van der Waals surface area contributed by atoms with Gasteiger partial charge in [0.15, 0.2) is 0 Å². The number of nitrogens with zero attached hydrogens (tertiary/aromatic N) is 1. The molecule has 2 rings (SSSR count). The van der Waals surface area contributed by atoms with E-state index >= 15 is 0 Å². The van der Waals surface area contributed by atoms with E-state index in [1.165, 1.54) is 0 Å². The molecule has 1 fully saturated rings. The Morgan fingerprint density at radius 1 is 1.50 bits per heavy atom. The van der Waals surface area contributed by atoms with Crippen molar-refractivity contribution < 1.29 is 4.79 Å². The molecule has 3 nitrogen and oxygen atoms in total. The fourth-order valence-electron chi connectivity index (χ4n) is 2.54. The number of amides is 1. The normalized spacial score (nSPS) is 17.6. The van der Waals surface area contributed by atoms with Gasteiger partial charge in [-0.1, -0.05) is 18.5 Å². The minimum Gasteiger partial charge on any atom is -0.334 e. The van der Waals surface area contributed by atoms with E-state index in [0.717, 1.165) is 43.6 Å². The van der Waals surface area contributed by atoms with Crippen molar-refractivity contribution >= 4 is 29.9 Å². The van der Waals surface area contributed by atoms with Crippen molar-refractivity contribution in [3.8, 4) is 0 Å². The van der Waals surface area contributed by atoms with Crippen LogP contribution >= 0.6 is 24.0 Å². The van der Waals surface area contributed by atoms with Gasteiger partial charge in [-0.05, 0) is 50.1 Å². The SMILES string of the molecule is CCCN(C(=O)c1ccc(Cl)c(C)c1)C1CCNC1.Cl. The molecule has 0 radical (unpaired) electrons. The van der Waals surface area contributed by atoms with Crippen LogP contribution in [0.15, 0.2) is 18.2 Å². The Kier molecular flexibility index (Phi) is 6.80. The Bertz CT molecular complexity index is 459. The van der Waals surface area contributed by atoms with E-state index in [1.54, 1.807) is 6.07 Å². The molecule has 0 aromatic heterocycles. The average molecular weight is 317 g/mol. The molecule has 1 N–H and O–H groups in total. The zero-order chi connectivity index (χ0) is 13.8. The number of nitrogens with one attached hydrogen (secondary N) is 1. The highest BCUT2D eigenvalue weighted by Gasteiger charge is 2.26. The minimum absolute atomic E-state index is 0. The highest BCUT2D eigenvalue weighted by Crippen LogP contribution is 2.19. The summed E-state index contributed by atoms with van der Waals surface area (Å²) in [6, 6.07) is 5.84. The third-order valence-electron chi connectivity index (χ3n) is 3.61. The standard InChI is InChI=1S/C15H21ClN2O.ClH/c1-3-8-18(13-6-7-17-10-13)15(19)12-4-5-14(16)11(2)9-12;/h4-5,9,13,17H,3,6-8,10H2,1-2H3;1H. The van der Waals surface area contributed by atoms with Crippen molar-refractivity contribution in [2.75, 3.05) is 19.6 Å². The summed E-state index contributed by atoms with van der Waals surface area (Å²) >= 11 is 6.02. The van der Waals surface area contributed by atoms with E-state index in [2.05, 4.69) is 12.2 Å². The Morgan fingerprint density at radius 3 is 2.80 bits per heavy atom. The van der Waals surface area contributed by atoms with Crippen LogP contribution in [-0.4, -0.2) is 36.5 Å². The summed E-state index contributed by atoms with van der Waals surface area (Å²) in [6.07, 6.45) is 2.02. The van der Waals surface area contributed by atoms with Crippen molar-refractivity contribution in [1.29, 1.82) is 0 Å². The van der Waals surface area contributed by atoms with Crippen LogP contribution < -0.4 is 5.32 Å². The van der Waals surface area contributed by atoms with E-state index in [4.69, 9.17) is 11.6 Å². The zero-order valence-electron chi connectivity index (χ0n) is 12.0. The van der Waals surface area contributed by atoms with E-state index in [9.17, 15) is 4.79 Å². The summed E-state index contributed by atoms with van der Waals surface area (Å²) in [6.45, 7) is 6.75. The van der Waals surface area contributed by atoms with E-state index in [1.807, 2.05) is 24.0 Å². The van der Waals surface area contributed by atoms with Crippen molar-refractivity contribution in [3.05, 3.63) is 34.3 Å². The quantitative estimate of drug-likeness (QED) is 0.924. The summed E-state index contributed by atoms with van der Waals surface area (Å²) in [5.41, 5.74) is 1.69. The molecular formula is C15H22Cl2N2O. The summed E-state index contributed by atoms with van der Waals surface area (Å²) in [5.74, 6) is 0.121. The lowest BCUT2D eigenvalue weighted by atomic mass is 10.1. The van der Waals surface area contributed by atoms with Crippen LogP contribution in [0.2, 0.25) is 5.02 Å². The van der Waals surface area contributed by atoms with Gasteiger partial charge in [-0.25, -0.2) is 0 Å². The van der Waals surface area contributed by atoms with Crippen LogP contribution in [0.25, 0.3) is 0 Å². The molecular weight excluding hydrogens is 295 g/mol. The van der Waals surface area contributed by atoms with Crippen molar-refractivity contribution in [3.63, 3.8) is 0 Å². The van der Waals surface area contributed by atoms with Gasteiger partial charge in [0.25, 0.3) is 5.91 Å². The number of carbonyl (C=O) groups excluding carboxylic acids is 1. The van der Waals surface area contributed by atoms with Crippen LogP contribution in [-0.2, 0) is 0 Å². The first kappa shape index (κ1) is 17.3. The maximum Gasteiger partial charge on any atom is 0.254 e. The second kappa shape index (κ2) is 7.87. The summed E-state index contributed by atoms with van der Waals surface area (Å²) < 4.78 is 0. The molecule has 1 unspecified atom stereocenters. The average Bonchev–Trinajstić information content (AvgIpc) is 2.92. The third kappa shape index (κ3) is 3.87. The maximum absolute atomic E-state index is 12.6. The highest BCUT2D eigenvalue weighted by molar-refractivity contribution is 6.31. The van der Waals surface area contributed by atoms with Gasteiger partial charge in [0.1, 0.15) is 0 Å². The van der Waals surface area contributed by atoms with E-state index in [0.29, 0.717) is 11.1 Å². The molecule has 1 amide bonds. The predicted molar refractivity (Wildman–Crippen MR) is 86.0 cm³/mol. The molecule has 1 aromatic rings. The maximum atomic E-state index is 12.6. The first-order valence-corrected chi connectivity index (χ1v) is 7.29. The fraction of sp³-hybridized carbons (Fsp3) is 0.533. The van der Waals surface area contributed by atoms with Crippen LogP contribution in [0.1, 0.15) is 35.7 Å². The Hall–Kier alpha value is -0.770. The molecule has 0 bridgehead atoms. The number of rotatable bonds is 4. The lowest BCUT2D eigenvalue weighted by Gasteiger charge is -2.28. The molecule has 1 aliphatic heterocycles. The Morgan fingerprint density at radius 2 is 2.25 bits per heavy atom. The number of benzene rings is 1. The molecule has 20 heavy (non-hydrogen) atoms. The number of carbonyl (C=O) groups is 1. The number of aryl methyl sites for hydroxylation is 1. The van der Waals surface area contributed by atoms with Gasteiger partial charge in [-0.2, -0.15) is 0 Å². The number of halogens is 2. The Labute approximate surface area is 132 Å². The fourth-order valence-corrected chi connectivity index (χ4v) is 2.66. The smallest absolute Gasteiger partial charge is 0.254 e. The molecule has 5 heteroatoms. The monoisotopic (exact) mass is 316 g/mol. The molecule has 1 aromatic carbocycles. The predicted octanol–water partition coefficient (Wildman–Crippen LogP) is 3.28. The van der Waals surface area contributed by atoms with Crippen molar-refractivity contribution in [1.82, 2.24) is 10.2 Å². The third-order valence-corrected chi connectivity index (χ3v) is 4.03. The molecule has 1 heterocycles. The van der Waals surface area contributed by atoms with E-state index < -0.39 is 0 Å². The van der Waals surface area contributed by atoms with Crippen LogP contribution in [0.4, 0.5) is 0 Å². The topological polar surface area (TPSA) is 32.3 Å². The second-order valence-corrected chi connectivity index (χ2v) is 5.52. The van der Waals surface area contributed by atoms with Gasteiger partial charge in [0.05, 0.1) is 0 Å². The lowest BCUT2D eigenvalue weighted by Crippen LogP contribution is -2.42. The largest absolute Gasteiger partial charge is 0.334 e. The molecule has 0 aliphatic carbocycles. The van der Waals surface area contributed by atoms with Gasteiger partial charge < -0.3 is 10.2 Å². The first-order valence-electron chi connectivity index (χ1n) is 6.91. The number of hydrogen-bond acceptors (Lipinski definition) is 2. The first-order chi connectivity index (χ1) is 9.13. The van der Waals surface area contributed by atoms with Crippen molar-refractivity contribution in [2.24, 2.45) is 0 Å². The van der Waals surface area contributed by atoms with Crippen LogP contribution in [0.5, 0.6) is 0 Å². The van der Waals surface area contributed by atoms with Gasteiger partial charge in [-0.3, -0.25) is 4.79 Å². The Balaban J connectivity index is 0.00000200.